The Bertz CT molecular complexity index is 412. The van der Waals surface area contributed by atoms with Gasteiger partial charge in [0, 0.05) is 22.6 Å². The number of carbonyl (C=O) groups excluding carboxylic acids is 1. The Hall–Kier alpha value is -0.710. The summed E-state index contributed by atoms with van der Waals surface area (Å²) in [4.78, 5) is 16.0. The third-order valence-electron chi connectivity index (χ3n) is 2.47. The molecule has 0 atom stereocenters. The summed E-state index contributed by atoms with van der Waals surface area (Å²) in [6.07, 6.45) is 3.13. The number of allylic oxidation sites excluding steroid dienone is 1. The molecule has 1 aliphatic carbocycles. The fraction of sp³-hybridized carbons (Fsp3) is 0.273. The van der Waals surface area contributed by atoms with Crippen LogP contribution < -0.4 is 0 Å². The van der Waals surface area contributed by atoms with E-state index in [1.807, 2.05) is 6.07 Å². The van der Waals surface area contributed by atoms with Crippen molar-refractivity contribution in [2.24, 2.45) is 0 Å². The van der Waals surface area contributed by atoms with Crippen LogP contribution in [0.15, 0.2) is 18.8 Å². The maximum absolute atomic E-state index is 11.7. The number of hydrogen-bond donors (Lipinski definition) is 0. The molecule has 3 heteroatoms. The lowest BCUT2D eigenvalue weighted by Gasteiger charge is -2.18. The van der Waals surface area contributed by atoms with E-state index in [-0.39, 0.29) is 5.78 Å². The van der Waals surface area contributed by atoms with E-state index in [2.05, 4.69) is 34.2 Å². The highest BCUT2D eigenvalue weighted by atomic mass is 127. The van der Waals surface area contributed by atoms with Crippen molar-refractivity contribution in [1.29, 1.82) is 0 Å². The number of nitrogens with zero attached hydrogens (tertiary/aromatic N) is 1. The van der Waals surface area contributed by atoms with Gasteiger partial charge in [-0.05, 0) is 23.6 Å². The van der Waals surface area contributed by atoms with E-state index in [1.165, 1.54) is 0 Å². The first kappa shape index (κ1) is 9.83. The third-order valence-corrected chi connectivity index (χ3v) is 3.19. The summed E-state index contributed by atoms with van der Waals surface area (Å²) in [5.74, 6) is 0.215. The van der Waals surface area contributed by atoms with Crippen LogP contribution in [0.2, 0.25) is 0 Å². The molecule has 1 heterocycles. The molecule has 0 unspecified atom stereocenters. The first-order valence-corrected chi connectivity index (χ1v) is 6.01. The standard InChI is InChI=1S/C11H10INO/c1-7-2-3-10(14)11-8(7)4-5-13-9(11)6-12/h4-5H,1-3,6H2. The molecule has 1 aliphatic rings. The van der Waals surface area contributed by atoms with Crippen molar-refractivity contribution in [1.82, 2.24) is 4.98 Å². The fourth-order valence-corrected chi connectivity index (χ4v) is 2.31. The first-order valence-electron chi connectivity index (χ1n) is 4.49. The van der Waals surface area contributed by atoms with E-state index in [1.54, 1.807) is 6.20 Å². The molecular weight excluding hydrogens is 289 g/mol. The average Bonchev–Trinajstić information content (AvgIpc) is 2.23. The van der Waals surface area contributed by atoms with Crippen molar-refractivity contribution in [2.45, 2.75) is 17.3 Å². The molecule has 14 heavy (non-hydrogen) atoms. The second kappa shape index (κ2) is 3.81. The highest BCUT2D eigenvalue weighted by molar-refractivity contribution is 14.1. The van der Waals surface area contributed by atoms with E-state index < -0.39 is 0 Å². The predicted molar refractivity (Wildman–Crippen MR) is 64.6 cm³/mol. The molecule has 1 aromatic heterocycles. The van der Waals surface area contributed by atoms with Gasteiger partial charge in [-0.25, -0.2) is 0 Å². The molecule has 0 aromatic carbocycles. The molecule has 0 aliphatic heterocycles. The number of rotatable bonds is 1. The van der Waals surface area contributed by atoms with Crippen molar-refractivity contribution in [3.8, 4) is 0 Å². The van der Waals surface area contributed by atoms with E-state index in [4.69, 9.17) is 0 Å². The molecule has 72 valence electrons. The number of halogens is 1. The van der Waals surface area contributed by atoms with Crippen LogP contribution in [0.1, 0.15) is 34.5 Å². The summed E-state index contributed by atoms with van der Waals surface area (Å²) in [6, 6.07) is 1.89. The minimum Gasteiger partial charge on any atom is -0.294 e. The number of ketones is 1. The van der Waals surface area contributed by atoms with Gasteiger partial charge in [0.15, 0.2) is 5.78 Å². The Morgan fingerprint density at radius 3 is 3.00 bits per heavy atom. The van der Waals surface area contributed by atoms with Crippen molar-refractivity contribution >= 4 is 33.9 Å². The molecule has 0 fully saturated rings. The zero-order valence-electron chi connectivity index (χ0n) is 7.72. The number of aromatic nitrogens is 1. The lowest BCUT2D eigenvalue weighted by Crippen LogP contribution is -2.13. The van der Waals surface area contributed by atoms with Crippen molar-refractivity contribution < 1.29 is 4.79 Å². The number of pyridine rings is 1. The maximum Gasteiger partial charge on any atom is 0.165 e. The van der Waals surface area contributed by atoms with Crippen molar-refractivity contribution in [3.63, 3.8) is 0 Å². The van der Waals surface area contributed by atoms with Crippen LogP contribution >= 0.6 is 22.6 Å². The second-order valence-electron chi connectivity index (χ2n) is 3.34. The molecular formula is C11H10INO. The fourth-order valence-electron chi connectivity index (χ4n) is 1.74. The molecule has 0 bridgehead atoms. The van der Waals surface area contributed by atoms with Gasteiger partial charge in [-0.1, -0.05) is 29.2 Å². The topological polar surface area (TPSA) is 30.0 Å². The van der Waals surface area contributed by atoms with Gasteiger partial charge in [0.1, 0.15) is 0 Å². The number of Topliss-reactive ketones (excluding diaryl/α,β-unsaturated/α-hetero) is 1. The minimum absolute atomic E-state index is 0.215. The van der Waals surface area contributed by atoms with Crippen LogP contribution in [0, 0.1) is 0 Å². The highest BCUT2D eigenvalue weighted by Crippen LogP contribution is 2.31. The van der Waals surface area contributed by atoms with Gasteiger partial charge in [0.2, 0.25) is 0 Å². The van der Waals surface area contributed by atoms with Crippen LogP contribution in [0.5, 0.6) is 0 Å². The zero-order valence-corrected chi connectivity index (χ0v) is 9.87. The monoisotopic (exact) mass is 299 g/mol. The van der Waals surface area contributed by atoms with E-state index >= 15 is 0 Å². The number of alkyl halides is 1. The molecule has 2 nitrogen and oxygen atoms in total. The van der Waals surface area contributed by atoms with E-state index in [9.17, 15) is 4.79 Å². The Morgan fingerprint density at radius 1 is 1.50 bits per heavy atom. The van der Waals surface area contributed by atoms with Crippen molar-refractivity contribution in [3.05, 3.63) is 35.7 Å². The largest absolute Gasteiger partial charge is 0.294 e. The second-order valence-corrected chi connectivity index (χ2v) is 4.10. The summed E-state index contributed by atoms with van der Waals surface area (Å²) in [6.45, 7) is 3.98. The van der Waals surface area contributed by atoms with Gasteiger partial charge in [0.05, 0.1) is 5.69 Å². The Labute approximate surface area is 96.6 Å². The maximum atomic E-state index is 11.7. The quantitative estimate of drug-likeness (QED) is 0.589. The summed E-state index contributed by atoms with van der Waals surface area (Å²) in [7, 11) is 0. The summed E-state index contributed by atoms with van der Waals surface area (Å²) in [5, 5.41) is 0. The molecule has 0 saturated carbocycles. The van der Waals surface area contributed by atoms with Crippen LogP contribution in [0.3, 0.4) is 0 Å². The third kappa shape index (κ3) is 1.49. The zero-order chi connectivity index (χ0) is 10.1. The van der Waals surface area contributed by atoms with Crippen LogP contribution in [0.25, 0.3) is 5.57 Å². The van der Waals surface area contributed by atoms with Crippen LogP contribution in [0.4, 0.5) is 0 Å². The van der Waals surface area contributed by atoms with Gasteiger partial charge in [-0.15, -0.1) is 0 Å². The van der Waals surface area contributed by atoms with Gasteiger partial charge >= 0.3 is 0 Å². The lowest BCUT2D eigenvalue weighted by atomic mass is 9.87. The number of hydrogen-bond acceptors (Lipinski definition) is 2. The number of carbonyl (C=O) groups is 1. The van der Waals surface area contributed by atoms with E-state index in [0.717, 1.165) is 33.2 Å². The Morgan fingerprint density at radius 2 is 2.29 bits per heavy atom. The Balaban J connectivity index is 2.66. The van der Waals surface area contributed by atoms with Gasteiger partial charge in [0.25, 0.3) is 0 Å². The predicted octanol–water partition coefficient (Wildman–Crippen LogP) is 3.01. The molecule has 1 aromatic rings. The summed E-state index contributed by atoms with van der Waals surface area (Å²) >= 11 is 2.23. The van der Waals surface area contributed by atoms with Crippen LogP contribution in [-0.2, 0) is 4.43 Å². The minimum atomic E-state index is 0.215. The lowest BCUT2D eigenvalue weighted by molar-refractivity contribution is 0.0979. The van der Waals surface area contributed by atoms with Gasteiger partial charge < -0.3 is 0 Å². The van der Waals surface area contributed by atoms with E-state index in [0.29, 0.717) is 6.42 Å². The van der Waals surface area contributed by atoms with Gasteiger partial charge in [-0.2, -0.15) is 0 Å². The summed E-state index contributed by atoms with van der Waals surface area (Å²) < 4.78 is 0.778. The highest BCUT2D eigenvalue weighted by Gasteiger charge is 2.22. The Kier molecular flexibility index (Phi) is 2.67. The molecule has 0 saturated heterocycles. The SMILES string of the molecule is C=C1CCC(=O)c2c1ccnc2CI. The molecule has 0 radical (unpaired) electrons. The molecule has 2 rings (SSSR count). The van der Waals surface area contributed by atoms with Crippen molar-refractivity contribution in [2.75, 3.05) is 0 Å². The first-order chi connectivity index (χ1) is 6.74. The van der Waals surface area contributed by atoms with Gasteiger partial charge in [-0.3, -0.25) is 9.78 Å². The average molecular weight is 299 g/mol. The molecule has 0 spiro atoms. The normalized spacial score (nSPS) is 15.5. The van der Waals surface area contributed by atoms with Crippen LogP contribution in [-0.4, -0.2) is 10.8 Å². The molecule has 0 amide bonds. The molecule has 0 N–H and O–H groups in total. The summed E-state index contributed by atoms with van der Waals surface area (Å²) in [5.41, 5.74) is 3.77. The number of fused-ring (bicyclic) bond motifs is 1. The smallest absolute Gasteiger partial charge is 0.165 e.